The van der Waals surface area contributed by atoms with E-state index in [0.717, 1.165) is 31.4 Å². The first-order chi connectivity index (χ1) is 8.74. The number of hydrogen-bond acceptors (Lipinski definition) is 2. The van der Waals surface area contributed by atoms with Crippen molar-refractivity contribution in [3.8, 4) is 0 Å². The van der Waals surface area contributed by atoms with Crippen molar-refractivity contribution in [2.45, 2.75) is 38.6 Å². The van der Waals surface area contributed by atoms with Crippen molar-refractivity contribution in [3.63, 3.8) is 0 Å². The molecule has 0 bridgehead atoms. The van der Waals surface area contributed by atoms with Gasteiger partial charge in [0.2, 0.25) is 0 Å². The molecule has 0 aliphatic heterocycles. The Morgan fingerprint density at radius 3 is 2.89 bits per heavy atom. The van der Waals surface area contributed by atoms with Gasteiger partial charge in [0.25, 0.3) is 5.91 Å². The molecule has 0 unspecified atom stereocenters. The molecule has 0 saturated heterocycles. The van der Waals surface area contributed by atoms with Crippen LogP contribution in [0, 0.1) is 6.92 Å². The van der Waals surface area contributed by atoms with E-state index < -0.39 is 0 Å². The SMILES string of the molecule is Cc1cccnc1C(=O)N(CCCCl)C1CCC1. The summed E-state index contributed by atoms with van der Waals surface area (Å²) in [5, 5.41) is 0. The van der Waals surface area contributed by atoms with Gasteiger partial charge in [-0.3, -0.25) is 9.78 Å². The molecule has 3 nitrogen and oxygen atoms in total. The summed E-state index contributed by atoms with van der Waals surface area (Å²) in [4.78, 5) is 18.7. The van der Waals surface area contributed by atoms with Gasteiger partial charge in [-0.15, -0.1) is 11.6 Å². The van der Waals surface area contributed by atoms with Crippen LogP contribution in [0.15, 0.2) is 18.3 Å². The first kappa shape index (κ1) is 13.3. The Kier molecular flexibility index (Phi) is 4.59. The maximum Gasteiger partial charge on any atom is 0.272 e. The van der Waals surface area contributed by atoms with Crippen molar-refractivity contribution in [1.29, 1.82) is 0 Å². The van der Waals surface area contributed by atoms with E-state index in [9.17, 15) is 4.79 Å². The van der Waals surface area contributed by atoms with Crippen LogP contribution in [0.2, 0.25) is 0 Å². The van der Waals surface area contributed by atoms with Crippen LogP contribution in [0.1, 0.15) is 41.7 Å². The minimum atomic E-state index is 0.0583. The molecule has 0 atom stereocenters. The van der Waals surface area contributed by atoms with Crippen LogP contribution < -0.4 is 0 Å². The fourth-order valence-corrected chi connectivity index (χ4v) is 2.34. The topological polar surface area (TPSA) is 33.2 Å². The summed E-state index contributed by atoms with van der Waals surface area (Å²) in [5.74, 6) is 0.653. The first-order valence-electron chi connectivity index (χ1n) is 6.52. The molecule has 1 aliphatic rings. The molecule has 18 heavy (non-hydrogen) atoms. The third-order valence-electron chi connectivity index (χ3n) is 3.52. The molecule has 1 aromatic rings. The van der Waals surface area contributed by atoms with Gasteiger partial charge in [0.05, 0.1) is 0 Å². The monoisotopic (exact) mass is 266 g/mol. The lowest BCUT2D eigenvalue weighted by Gasteiger charge is -2.37. The summed E-state index contributed by atoms with van der Waals surface area (Å²) in [6.45, 7) is 2.67. The highest BCUT2D eigenvalue weighted by atomic mass is 35.5. The molecule has 0 radical (unpaired) electrons. The van der Waals surface area contributed by atoms with Crippen molar-refractivity contribution in [1.82, 2.24) is 9.88 Å². The molecule has 1 aliphatic carbocycles. The molecule has 1 fully saturated rings. The maximum absolute atomic E-state index is 12.5. The number of alkyl halides is 1. The van der Waals surface area contributed by atoms with Gasteiger partial charge in [-0.25, -0.2) is 0 Å². The largest absolute Gasteiger partial charge is 0.334 e. The van der Waals surface area contributed by atoms with Gasteiger partial charge in [0, 0.05) is 24.7 Å². The van der Waals surface area contributed by atoms with Crippen LogP contribution in [0.3, 0.4) is 0 Å². The summed E-state index contributed by atoms with van der Waals surface area (Å²) in [6.07, 6.45) is 5.97. The van der Waals surface area contributed by atoms with E-state index in [0.29, 0.717) is 17.6 Å². The van der Waals surface area contributed by atoms with Crippen molar-refractivity contribution in [3.05, 3.63) is 29.6 Å². The van der Waals surface area contributed by atoms with Crippen molar-refractivity contribution < 1.29 is 4.79 Å². The molecule has 98 valence electrons. The Morgan fingerprint density at radius 1 is 1.56 bits per heavy atom. The van der Waals surface area contributed by atoms with E-state index in [4.69, 9.17) is 11.6 Å². The number of carbonyl (C=O) groups excluding carboxylic acids is 1. The Morgan fingerprint density at radius 2 is 2.33 bits per heavy atom. The minimum Gasteiger partial charge on any atom is -0.334 e. The normalized spacial score (nSPS) is 15.2. The van der Waals surface area contributed by atoms with Crippen LogP contribution in [0.4, 0.5) is 0 Å². The molecule has 1 amide bonds. The number of carbonyl (C=O) groups is 1. The fourth-order valence-electron chi connectivity index (χ4n) is 2.22. The minimum absolute atomic E-state index is 0.0583. The second-order valence-electron chi connectivity index (χ2n) is 4.79. The first-order valence-corrected chi connectivity index (χ1v) is 7.06. The molecule has 4 heteroatoms. The zero-order chi connectivity index (χ0) is 13.0. The summed E-state index contributed by atoms with van der Waals surface area (Å²) < 4.78 is 0. The predicted molar refractivity (Wildman–Crippen MR) is 73.0 cm³/mol. The van der Waals surface area contributed by atoms with Gasteiger partial charge in [-0.2, -0.15) is 0 Å². The highest BCUT2D eigenvalue weighted by Gasteiger charge is 2.30. The Bertz CT molecular complexity index is 418. The van der Waals surface area contributed by atoms with E-state index >= 15 is 0 Å². The lowest BCUT2D eigenvalue weighted by atomic mass is 9.91. The summed E-state index contributed by atoms with van der Waals surface area (Å²) in [7, 11) is 0. The van der Waals surface area contributed by atoms with Gasteiger partial charge >= 0.3 is 0 Å². The Hall–Kier alpha value is -1.09. The molecule has 1 saturated carbocycles. The van der Waals surface area contributed by atoms with E-state index in [1.54, 1.807) is 6.20 Å². The highest BCUT2D eigenvalue weighted by molar-refractivity contribution is 6.17. The molecule has 0 N–H and O–H groups in total. The van der Waals surface area contributed by atoms with E-state index in [2.05, 4.69) is 4.98 Å². The smallest absolute Gasteiger partial charge is 0.272 e. The summed E-state index contributed by atoms with van der Waals surface area (Å²) in [6, 6.07) is 4.18. The lowest BCUT2D eigenvalue weighted by molar-refractivity contribution is 0.0574. The quantitative estimate of drug-likeness (QED) is 0.768. The molecule has 1 aromatic heterocycles. The zero-order valence-electron chi connectivity index (χ0n) is 10.7. The van der Waals surface area contributed by atoms with Crippen LogP contribution in [0.25, 0.3) is 0 Å². The van der Waals surface area contributed by atoms with Gasteiger partial charge in [0.15, 0.2) is 0 Å². The number of halogens is 1. The molecule has 0 spiro atoms. The molecular weight excluding hydrogens is 248 g/mol. The van der Waals surface area contributed by atoms with Crippen LogP contribution in [-0.4, -0.2) is 34.3 Å². The van der Waals surface area contributed by atoms with Gasteiger partial charge in [0.1, 0.15) is 5.69 Å². The molecule has 0 aromatic carbocycles. The third kappa shape index (κ3) is 2.83. The standard InChI is InChI=1S/C14H19ClN2O/c1-11-5-3-9-16-13(11)14(18)17(10-4-8-15)12-6-2-7-12/h3,5,9,12H,2,4,6-8,10H2,1H3. The average Bonchev–Trinajstić information content (AvgIpc) is 2.32. The van der Waals surface area contributed by atoms with E-state index in [-0.39, 0.29) is 5.91 Å². The maximum atomic E-state index is 12.5. The third-order valence-corrected chi connectivity index (χ3v) is 3.79. The number of amides is 1. The van der Waals surface area contributed by atoms with E-state index in [1.807, 2.05) is 24.0 Å². The Labute approximate surface area is 113 Å². The molecular formula is C14H19ClN2O. The average molecular weight is 267 g/mol. The van der Waals surface area contributed by atoms with Crippen molar-refractivity contribution in [2.75, 3.05) is 12.4 Å². The van der Waals surface area contributed by atoms with Crippen molar-refractivity contribution in [2.24, 2.45) is 0 Å². The summed E-state index contributed by atoms with van der Waals surface area (Å²) in [5.41, 5.74) is 1.52. The van der Waals surface area contributed by atoms with Gasteiger partial charge < -0.3 is 4.90 Å². The van der Waals surface area contributed by atoms with Gasteiger partial charge in [-0.05, 0) is 44.2 Å². The predicted octanol–water partition coefficient (Wildman–Crippen LogP) is 3.01. The number of rotatable bonds is 5. The molecule has 2 rings (SSSR count). The van der Waals surface area contributed by atoms with Crippen molar-refractivity contribution >= 4 is 17.5 Å². The zero-order valence-corrected chi connectivity index (χ0v) is 11.5. The number of aromatic nitrogens is 1. The molecule has 1 heterocycles. The fraction of sp³-hybridized carbons (Fsp3) is 0.571. The number of nitrogens with zero attached hydrogens (tertiary/aromatic N) is 2. The van der Waals surface area contributed by atoms with E-state index in [1.165, 1.54) is 6.42 Å². The number of pyridine rings is 1. The van der Waals surface area contributed by atoms with Gasteiger partial charge in [-0.1, -0.05) is 6.07 Å². The second kappa shape index (κ2) is 6.19. The van der Waals surface area contributed by atoms with Crippen LogP contribution >= 0.6 is 11.6 Å². The van der Waals surface area contributed by atoms with Crippen LogP contribution in [-0.2, 0) is 0 Å². The highest BCUT2D eigenvalue weighted by Crippen LogP contribution is 2.26. The lowest BCUT2D eigenvalue weighted by Crippen LogP contribution is -2.45. The Balaban J connectivity index is 2.14. The number of aryl methyl sites for hydroxylation is 1. The van der Waals surface area contributed by atoms with Crippen LogP contribution in [0.5, 0.6) is 0 Å². The second-order valence-corrected chi connectivity index (χ2v) is 5.17. The summed E-state index contributed by atoms with van der Waals surface area (Å²) >= 11 is 5.74. The number of hydrogen-bond donors (Lipinski definition) is 0.